The maximum atomic E-state index is 11.7. The van der Waals surface area contributed by atoms with E-state index in [0.29, 0.717) is 18.3 Å². The van der Waals surface area contributed by atoms with Crippen LogP contribution in [0.5, 0.6) is 0 Å². The van der Waals surface area contributed by atoms with Gasteiger partial charge in [0.2, 0.25) is 0 Å². The van der Waals surface area contributed by atoms with Gasteiger partial charge in [0.05, 0.1) is 0 Å². The van der Waals surface area contributed by atoms with Gasteiger partial charge in [-0.05, 0) is 31.1 Å². The minimum absolute atomic E-state index is 0.135. The van der Waals surface area contributed by atoms with Gasteiger partial charge in [-0.2, -0.15) is 0 Å². The second-order valence-corrected chi connectivity index (χ2v) is 6.50. The molecule has 0 saturated heterocycles. The van der Waals surface area contributed by atoms with Gasteiger partial charge in [-0.25, -0.2) is 0 Å². The van der Waals surface area contributed by atoms with Crippen molar-refractivity contribution in [2.45, 2.75) is 71.8 Å². The Morgan fingerprint density at radius 1 is 1.15 bits per heavy atom. The first-order valence-corrected chi connectivity index (χ1v) is 7.92. The molecule has 1 rings (SSSR count). The molecule has 0 aliphatic heterocycles. The van der Waals surface area contributed by atoms with Crippen molar-refractivity contribution < 1.29 is 14.3 Å². The summed E-state index contributed by atoms with van der Waals surface area (Å²) in [5.74, 6) is 0.454. The zero-order chi connectivity index (χ0) is 15.0. The van der Waals surface area contributed by atoms with Crippen LogP contribution in [-0.4, -0.2) is 24.5 Å². The van der Waals surface area contributed by atoms with E-state index in [1.54, 1.807) is 0 Å². The van der Waals surface area contributed by atoms with E-state index in [9.17, 15) is 9.59 Å². The normalized spacial score (nSPS) is 17.8. The molecule has 1 unspecified atom stereocenters. The fourth-order valence-electron chi connectivity index (χ4n) is 2.89. The van der Waals surface area contributed by atoms with Crippen molar-refractivity contribution in [2.24, 2.45) is 11.8 Å². The Kier molecular flexibility index (Phi) is 7.63. The molecule has 1 amide bonds. The van der Waals surface area contributed by atoms with Crippen molar-refractivity contribution in [3.8, 4) is 0 Å². The molecule has 1 N–H and O–H groups in total. The molecule has 0 aromatic heterocycles. The van der Waals surface area contributed by atoms with Crippen LogP contribution in [0.4, 0.5) is 0 Å². The van der Waals surface area contributed by atoms with Crippen molar-refractivity contribution in [1.29, 1.82) is 0 Å². The highest BCUT2D eigenvalue weighted by molar-refractivity contribution is 5.80. The van der Waals surface area contributed by atoms with E-state index >= 15 is 0 Å². The Labute approximate surface area is 122 Å². The summed E-state index contributed by atoms with van der Waals surface area (Å²) in [6.45, 7) is 6.19. The molecular weight excluding hydrogens is 254 g/mol. The largest absolute Gasteiger partial charge is 0.456 e. The summed E-state index contributed by atoms with van der Waals surface area (Å²) in [5, 5.41) is 2.94. The van der Waals surface area contributed by atoms with E-state index in [2.05, 4.69) is 19.2 Å². The number of nitrogens with one attached hydrogen (secondary N) is 1. The second-order valence-electron chi connectivity index (χ2n) is 6.50. The van der Waals surface area contributed by atoms with Crippen LogP contribution in [0.2, 0.25) is 0 Å². The number of amides is 1. The van der Waals surface area contributed by atoms with Crippen LogP contribution in [-0.2, 0) is 14.3 Å². The lowest BCUT2D eigenvalue weighted by Gasteiger charge is -2.22. The molecule has 1 aliphatic carbocycles. The van der Waals surface area contributed by atoms with Crippen molar-refractivity contribution in [3.63, 3.8) is 0 Å². The van der Waals surface area contributed by atoms with Gasteiger partial charge in [-0.3, -0.25) is 9.59 Å². The molecular formula is C16H29NO3. The van der Waals surface area contributed by atoms with Crippen molar-refractivity contribution in [3.05, 3.63) is 0 Å². The number of carbonyl (C=O) groups is 2. The topological polar surface area (TPSA) is 55.4 Å². The monoisotopic (exact) mass is 283 g/mol. The Balaban J connectivity index is 2.14. The summed E-state index contributed by atoms with van der Waals surface area (Å²) >= 11 is 0. The van der Waals surface area contributed by atoms with Crippen molar-refractivity contribution >= 4 is 11.9 Å². The third kappa shape index (κ3) is 7.51. The SMILES string of the molecule is CC(C)CC(C)CC(=O)OCC(=O)NC1CCCCC1. The maximum Gasteiger partial charge on any atom is 0.306 e. The molecule has 1 fully saturated rings. The van der Waals surface area contributed by atoms with Gasteiger partial charge >= 0.3 is 5.97 Å². The van der Waals surface area contributed by atoms with E-state index in [-0.39, 0.29) is 24.5 Å². The molecule has 0 spiro atoms. The van der Waals surface area contributed by atoms with Gasteiger partial charge in [0.15, 0.2) is 6.61 Å². The van der Waals surface area contributed by atoms with Crippen molar-refractivity contribution in [2.75, 3.05) is 6.61 Å². The zero-order valence-electron chi connectivity index (χ0n) is 13.1. The van der Waals surface area contributed by atoms with Crippen LogP contribution in [0.1, 0.15) is 65.7 Å². The Hall–Kier alpha value is -1.06. The highest BCUT2D eigenvalue weighted by atomic mass is 16.5. The van der Waals surface area contributed by atoms with Gasteiger partial charge in [0, 0.05) is 12.5 Å². The quantitative estimate of drug-likeness (QED) is 0.731. The Morgan fingerprint density at radius 3 is 2.40 bits per heavy atom. The average Bonchev–Trinajstić information content (AvgIpc) is 2.36. The van der Waals surface area contributed by atoms with E-state index < -0.39 is 0 Å². The molecule has 4 heteroatoms. The molecule has 0 aromatic rings. The average molecular weight is 283 g/mol. The molecule has 0 bridgehead atoms. The summed E-state index contributed by atoms with van der Waals surface area (Å²) < 4.78 is 5.05. The lowest BCUT2D eigenvalue weighted by molar-refractivity contribution is -0.149. The number of hydrogen-bond acceptors (Lipinski definition) is 3. The predicted octanol–water partition coefficient (Wildman–Crippen LogP) is 3.05. The molecule has 0 radical (unpaired) electrons. The standard InChI is InChI=1S/C16H29NO3/c1-12(2)9-13(3)10-16(19)20-11-15(18)17-14-7-5-4-6-8-14/h12-14H,4-11H2,1-3H3,(H,17,18). The lowest BCUT2D eigenvalue weighted by atomic mass is 9.95. The highest BCUT2D eigenvalue weighted by Gasteiger charge is 2.17. The first-order valence-electron chi connectivity index (χ1n) is 7.92. The summed E-state index contributed by atoms with van der Waals surface area (Å²) in [4.78, 5) is 23.3. The fraction of sp³-hybridized carbons (Fsp3) is 0.875. The molecule has 1 aliphatic rings. The Bertz CT molecular complexity index is 309. The summed E-state index contributed by atoms with van der Waals surface area (Å²) in [5.41, 5.74) is 0. The van der Waals surface area contributed by atoms with E-state index in [1.165, 1.54) is 19.3 Å². The lowest BCUT2D eigenvalue weighted by Crippen LogP contribution is -2.38. The van der Waals surface area contributed by atoms with E-state index in [1.807, 2.05) is 6.92 Å². The summed E-state index contributed by atoms with van der Waals surface area (Å²) in [6, 6.07) is 0.273. The Morgan fingerprint density at radius 2 is 1.80 bits per heavy atom. The minimum atomic E-state index is -0.267. The molecule has 20 heavy (non-hydrogen) atoms. The number of carbonyl (C=O) groups excluding carboxylic acids is 2. The molecule has 116 valence electrons. The smallest absolute Gasteiger partial charge is 0.306 e. The van der Waals surface area contributed by atoms with Gasteiger partial charge < -0.3 is 10.1 Å². The molecule has 0 aromatic carbocycles. The van der Waals surface area contributed by atoms with Gasteiger partial charge in [0.25, 0.3) is 5.91 Å². The van der Waals surface area contributed by atoms with Crippen molar-refractivity contribution in [1.82, 2.24) is 5.32 Å². The first kappa shape index (κ1) is 17.0. The third-order valence-electron chi connectivity index (χ3n) is 3.72. The van der Waals surface area contributed by atoms with Gasteiger partial charge in [0.1, 0.15) is 0 Å². The van der Waals surface area contributed by atoms with Gasteiger partial charge in [-0.1, -0.05) is 40.0 Å². The molecule has 4 nitrogen and oxygen atoms in total. The number of esters is 1. The van der Waals surface area contributed by atoms with Crippen LogP contribution in [0, 0.1) is 11.8 Å². The van der Waals surface area contributed by atoms with E-state index in [4.69, 9.17) is 4.74 Å². The fourth-order valence-corrected chi connectivity index (χ4v) is 2.89. The zero-order valence-corrected chi connectivity index (χ0v) is 13.1. The van der Waals surface area contributed by atoms with Crippen LogP contribution < -0.4 is 5.32 Å². The number of rotatable bonds is 7. The first-order chi connectivity index (χ1) is 9.47. The molecule has 1 saturated carbocycles. The number of ether oxygens (including phenoxy) is 1. The molecule has 0 heterocycles. The third-order valence-corrected chi connectivity index (χ3v) is 3.72. The van der Waals surface area contributed by atoms with Crippen LogP contribution >= 0.6 is 0 Å². The minimum Gasteiger partial charge on any atom is -0.456 e. The predicted molar refractivity (Wildman–Crippen MR) is 79.2 cm³/mol. The maximum absolute atomic E-state index is 11.7. The van der Waals surface area contributed by atoms with Crippen LogP contribution in [0.25, 0.3) is 0 Å². The summed E-state index contributed by atoms with van der Waals surface area (Å²) in [7, 11) is 0. The van der Waals surface area contributed by atoms with Crippen LogP contribution in [0.15, 0.2) is 0 Å². The summed E-state index contributed by atoms with van der Waals surface area (Å²) in [6.07, 6.45) is 7.11. The second kappa shape index (κ2) is 8.98. The van der Waals surface area contributed by atoms with Gasteiger partial charge in [-0.15, -0.1) is 0 Å². The van der Waals surface area contributed by atoms with Crippen LogP contribution in [0.3, 0.4) is 0 Å². The number of hydrogen-bond donors (Lipinski definition) is 1. The van der Waals surface area contributed by atoms with E-state index in [0.717, 1.165) is 19.3 Å². The molecule has 1 atom stereocenters. The highest BCUT2D eigenvalue weighted by Crippen LogP contribution is 2.17.